The third-order valence-electron chi connectivity index (χ3n) is 5.06. The highest BCUT2D eigenvalue weighted by molar-refractivity contribution is 7.92. The van der Waals surface area contributed by atoms with Gasteiger partial charge in [0, 0.05) is 24.8 Å². The van der Waals surface area contributed by atoms with Gasteiger partial charge in [-0.1, -0.05) is 6.07 Å². The van der Waals surface area contributed by atoms with E-state index in [1.807, 2.05) is 0 Å². The van der Waals surface area contributed by atoms with Gasteiger partial charge in [0.05, 0.1) is 39.4 Å². The van der Waals surface area contributed by atoms with Gasteiger partial charge in [0.15, 0.2) is 0 Å². The van der Waals surface area contributed by atoms with Crippen LogP contribution in [0.5, 0.6) is 11.5 Å². The van der Waals surface area contributed by atoms with Gasteiger partial charge in [0.2, 0.25) is 26.0 Å². The first-order valence-electron chi connectivity index (χ1n) is 10.2. The molecule has 0 aromatic heterocycles. The van der Waals surface area contributed by atoms with Crippen molar-refractivity contribution in [3.05, 3.63) is 42.5 Å². The third-order valence-corrected chi connectivity index (χ3v) is 8.12. The second-order valence-corrected chi connectivity index (χ2v) is 11.2. The molecular weight excluding hydrogens is 486 g/mol. The van der Waals surface area contributed by atoms with Crippen LogP contribution in [-0.2, 0) is 29.6 Å². The molecule has 1 saturated heterocycles. The fraction of sp³-hybridized carbons (Fsp3) is 0.381. The molecule has 0 bridgehead atoms. The van der Waals surface area contributed by atoms with Crippen molar-refractivity contribution >= 4 is 37.3 Å². The quantitative estimate of drug-likeness (QED) is 0.528. The first-order valence-corrected chi connectivity index (χ1v) is 13.5. The summed E-state index contributed by atoms with van der Waals surface area (Å²) >= 11 is 0. The van der Waals surface area contributed by atoms with E-state index in [4.69, 9.17) is 14.2 Å². The number of sulfonamides is 2. The zero-order valence-corrected chi connectivity index (χ0v) is 20.7. The number of ether oxygens (including phenoxy) is 3. The summed E-state index contributed by atoms with van der Waals surface area (Å²) in [5, 5.41) is 2.57. The summed E-state index contributed by atoms with van der Waals surface area (Å²) in [6.07, 6.45) is 0.986. The number of amides is 1. The second-order valence-electron chi connectivity index (χ2n) is 7.40. The molecule has 0 aliphatic carbocycles. The Kier molecular flexibility index (Phi) is 8.02. The van der Waals surface area contributed by atoms with Gasteiger partial charge in [-0.3, -0.25) is 9.10 Å². The van der Waals surface area contributed by atoms with Gasteiger partial charge in [0.1, 0.15) is 22.9 Å². The Morgan fingerprint density at radius 1 is 1.06 bits per heavy atom. The van der Waals surface area contributed by atoms with Gasteiger partial charge in [-0.25, -0.2) is 16.8 Å². The number of morpholine rings is 1. The summed E-state index contributed by atoms with van der Waals surface area (Å²) in [4.78, 5) is 12.6. The van der Waals surface area contributed by atoms with Crippen molar-refractivity contribution in [3.8, 4) is 11.5 Å². The number of nitrogens with zero attached hydrogens (tertiary/aromatic N) is 2. The fourth-order valence-electron chi connectivity index (χ4n) is 3.38. The number of hydrogen-bond acceptors (Lipinski definition) is 8. The van der Waals surface area contributed by atoms with Crippen LogP contribution < -0.4 is 19.1 Å². The lowest BCUT2D eigenvalue weighted by Gasteiger charge is -2.27. The van der Waals surface area contributed by atoms with E-state index in [0.717, 1.165) is 10.6 Å². The van der Waals surface area contributed by atoms with Crippen LogP contribution in [0, 0.1) is 0 Å². The fourth-order valence-corrected chi connectivity index (χ4v) is 5.82. The maximum Gasteiger partial charge on any atom is 0.246 e. The summed E-state index contributed by atoms with van der Waals surface area (Å²) in [6.45, 7) is 0.439. The van der Waals surface area contributed by atoms with Gasteiger partial charge in [-0.15, -0.1) is 0 Å². The Bertz CT molecular complexity index is 1240. The van der Waals surface area contributed by atoms with Crippen molar-refractivity contribution in [2.75, 3.05) is 62.9 Å². The van der Waals surface area contributed by atoms with Gasteiger partial charge >= 0.3 is 0 Å². The molecule has 1 fully saturated rings. The standard InChI is InChI=1S/C21H27N3O8S2/c1-30-18-6-4-5-17(14-18)24(33(3,26)27)15-21(25)22-16-7-8-19(31-2)20(13-16)34(28,29)23-9-11-32-12-10-23/h4-8,13-14H,9-12,15H2,1-3H3,(H,22,25). The number of hydrogen-bond donors (Lipinski definition) is 1. The van der Waals surface area contributed by atoms with Gasteiger partial charge < -0.3 is 19.5 Å². The van der Waals surface area contributed by atoms with E-state index in [-0.39, 0.29) is 48.3 Å². The molecule has 0 radical (unpaired) electrons. The summed E-state index contributed by atoms with van der Waals surface area (Å²) in [6, 6.07) is 10.5. The van der Waals surface area contributed by atoms with Crippen molar-refractivity contribution in [1.29, 1.82) is 0 Å². The lowest BCUT2D eigenvalue weighted by Crippen LogP contribution is -2.40. The summed E-state index contributed by atoms with van der Waals surface area (Å²) in [7, 11) is -4.91. The molecule has 0 unspecified atom stereocenters. The highest BCUT2D eigenvalue weighted by Crippen LogP contribution is 2.30. The molecule has 0 spiro atoms. The smallest absolute Gasteiger partial charge is 0.246 e. The molecule has 1 aliphatic heterocycles. The third kappa shape index (κ3) is 5.97. The molecular formula is C21H27N3O8S2. The van der Waals surface area contributed by atoms with Crippen LogP contribution in [0.4, 0.5) is 11.4 Å². The summed E-state index contributed by atoms with van der Waals surface area (Å²) in [5.74, 6) is -0.105. The average molecular weight is 514 g/mol. The van der Waals surface area contributed by atoms with Crippen LogP contribution >= 0.6 is 0 Å². The van der Waals surface area contributed by atoms with E-state index in [1.54, 1.807) is 12.1 Å². The van der Waals surface area contributed by atoms with Crippen LogP contribution in [0.1, 0.15) is 0 Å². The number of rotatable bonds is 9. The SMILES string of the molecule is COc1cccc(N(CC(=O)Nc2ccc(OC)c(S(=O)(=O)N3CCOCC3)c2)S(C)(=O)=O)c1. The molecule has 11 nitrogen and oxygen atoms in total. The Morgan fingerprint density at radius 3 is 2.38 bits per heavy atom. The molecule has 0 atom stereocenters. The lowest BCUT2D eigenvalue weighted by atomic mass is 10.3. The number of carbonyl (C=O) groups is 1. The van der Waals surface area contributed by atoms with E-state index in [2.05, 4.69) is 5.32 Å². The highest BCUT2D eigenvalue weighted by atomic mass is 32.2. The summed E-state index contributed by atoms with van der Waals surface area (Å²) in [5.41, 5.74) is 0.430. The Hall–Kier alpha value is -2.87. The first-order chi connectivity index (χ1) is 16.1. The van der Waals surface area contributed by atoms with Crippen molar-refractivity contribution < 1.29 is 35.8 Å². The van der Waals surface area contributed by atoms with Crippen LogP contribution in [0.25, 0.3) is 0 Å². The van der Waals surface area contributed by atoms with E-state index >= 15 is 0 Å². The van der Waals surface area contributed by atoms with Gasteiger partial charge in [-0.05, 0) is 30.3 Å². The minimum absolute atomic E-state index is 0.109. The zero-order valence-electron chi connectivity index (χ0n) is 19.1. The van der Waals surface area contributed by atoms with E-state index in [1.165, 1.54) is 48.9 Å². The van der Waals surface area contributed by atoms with Crippen LogP contribution in [-0.4, -0.2) is 80.4 Å². The van der Waals surface area contributed by atoms with Gasteiger partial charge in [-0.2, -0.15) is 4.31 Å². The largest absolute Gasteiger partial charge is 0.497 e. The maximum absolute atomic E-state index is 13.1. The average Bonchev–Trinajstić information content (AvgIpc) is 2.82. The van der Waals surface area contributed by atoms with Crippen LogP contribution in [0.15, 0.2) is 47.4 Å². The first kappa shape index (κ1) is 25.7. The summed E-state index contributed by atoms with van der Waals surface area (Å²) < 4.78 is 68.8. The number of methoxy groups -OCH3 is 2. The zero-order chi connectivity index (χ0) is 24.9. The minimum Gasteiger partial charge on any atom is -0.497 e. The molecule has 2 aromatic rings. The lowest BCUT2D eigenvalue weighted by molar-refractivity contribution is -0.114. The highest BCUT2D eigenvalue weighted by Gasteiger charge is 2.30. The van der Waals surface area contributed by atoms with E-state index in [0.29, 0.717) is 5.75 Å². The molecule has 1 N–H and O–H groups in total. The Labute approximate surface area is 199 Å². The van der Waals surface area contributed by atoms with E-state index in [9.17, 15) is 21.6 Å². The van der Waals surface area contributed by atoms with Crippen molar-refractivity contribution in [2.24, 2.45) is 0 Å². The number of nitrogens with one attached hydrogen (secondary N) is 1. The molecule has 2 aromatic carbocycles. The molecule has 3 rings (SSSR count). The normalized spacial score (nSPS) is 14.9. The van der Waals surface area contributed by atoms with Gasteiger partial charge in [0.25, 0.3) is 0 Å². The number of anilines is 2. The minimum atomic E-state index is -3.90. The Morgan fingerprint density at radius 2 is 1.76 bits per heavy atom. The number of benzene rings is 2. The molecule has 0 saturated carbocycles. The van der Waals surface area contributed by atoms with Crippen molar-refractivity contribution in [3.63, 3.8) is 0 Å². The monoisotopic (exact) mass is 513 g/mol. The molecule has 34 heavy (non-hydrogen) atoms. The predicted molar refractivity (Wildman–Crippen MR) is 126 cm³/mol. The molecule has 1 aliphatic rings. The molecule has 1 heterocycles. The van der Waals surface area contributed by atoms with Crippen LogP contribution in [0.3, 0.4) is 0 Å². The van der Waals surface area contributed by atoms with Crippen molar-refractivity contribution in [2.45, 2.75) is 4.90 Å². The Balaban J connectivity index is 1.85. The molecule has 186 valence electrons. The second kappa shape index (κ2) is 10.6. The number of carbonyl (C=O) groups excluding carboxylic acids is 1. The predicted octanol–water partition coefficient (Wildman–Crippen LogP) is 1.13. The topological polar surface area (TPSA) is 132 Å². The van der Waals surface area contributed by atoms with Crippen molar-refractivity contribution in [1.82, 2.24) is 4.31 Å². The van der Waals surface area contributed by atoms with Crippen LogP contribution in [0.2, 0.25) is 0 Å². The molecule has 1 amide bonds. The molecule has 13 heteroatoms. The van der Waals surface area contributed by atoms with E-state index < -0.39 is 32.5 Å². The maximum atomic E-state index is 13.1.